The lowest BCUT2D eigenvalue weighted by Crippen LogP contribution is -2.45. The van der Waals surface area contributed by atoms with Gasteiger partial charge in [0.05, 0.1) is 25.4 Å². The lowest BCUT2D eigenvalue weighted by Gasteiger charge is -2.22. The molecule has 0 aromatic heterocycles. The highest BCUT2D eigenvalue weighted by Crippen LogP contribution is 2.18. The Balaban J connectivity index is 3.42. The van der Waals surface area contributed by atoms with E-state index in [9.17, 15) is 19.8 Å². The standard InChI is InChI=1S/C61H121NO5/c1-3-5-7-9-11-13-15-17-19-21-22-23-24-25-26-27-29-33-37-41-45-49-53-59(64)58(57-63)62-60(65)54-50-46-42-38-34-31-32-36-40-44-48-52-56-67-61(66)55-51-47-43-39-35-30-28-20-18-16-14-12-10-8-6-4-2/h58-59,63-64H,3-57H2,1-2H3,(H,62,65). The largest absolute Gasteiger partial charge is 0.466 e. The molecule has 0 heterocycles. The van der Waals surface area contributed by atoms with Crippen LogP contribution in [0.3, 0.4) is 0 Å². The van der Waals surface area contributed by atoms with E-state index in [1.54, 1.807) is 0 Å². The molecule has 67 heavy (non-hydrogen) atoms. The Labute approximate surface area is 419 Å². The van der Waals surface area contributed by atoms with Crippen LogP contribution in [0.4, 0.5) is 0 Å². The first kappa shape index (κ1) is 65.9. The first-order valence-corrected chi connectivity index (χ1v) is 30.8. The normalized spacial score (nSPS) is 12.5. The van der Waals surface area contributed by atoms with Crippen molar-refractivity contribution < 1.29 is 24.5 Å². The van der Waals surface area contributed by atoms with E-state index in [0.717, 1.165) is 57.8 Å². The van der Waals surface area contributed by atoms with Crippen molar-refractivity contribution in [3.05, 3.63) is 0 Å². The molecule has 0 rings (SSSR count). The molecule has 2 atom stereocenters. The van der Waals surface area contributed by atoms with Gasteiger partial charge in [-0.1, -0.05) is 316 Å². The molecule has 0 aromatic carbocycles. The van der Waals surface area contributed by atoms with Crippen molar-refractivity contribution in [3.63, 3.8) is 0 Å². The summed E-state index contributed by atoms with van der Waals surface area (Å²) in [6.45, 7) is 4.96. The minimum Gasteiger partial charge on any atom is -0.466 e. The Kier molecular flexibility index (Phi) is 56.5. The summed E-state index contributed by atoms with van der Waals surface area (Å²) in [7, 11) is 0. The van der Waals surface area contributed by atoms with Crippen LogP contribution in [0.5, 0.6) is 0 Å². The van der Waals surface area contributed by atoms with Crippen molar-refractivity contribution in [2.24, 2.45) is 0 Å². The molecule has 0 aromatic rings. The highest BCUT2D eigenvalue weighted by atomic mass is 16.5. The lowest BCUT2D eigenvalue weighted by atomic mass is 10.0. The van der Waals surface area contributed by atoms with Crippen molar-refractivity contribution in [2.75, 3.05) is 13.2 Å². The van der Waals surface area contributed by atoms with Crippen LogP contribution in [0, 0.1) is 0 Å². The second kappa shape index (κ2) is 57.4. The number of esters is 1. The Morgan fingerprint density at radius 1 is 0.358 bits per heavy atom. The summed E-state index contributed by atoms with van der Waals surface area (Å²) in [4.78, 5) is 24.6. The van der Waals surface area contributed by atoms with Gasteiger partial charge in [0.25, 0.3) is 0 Å². The average Bonchev–Trinajstić information content (AvgIpc) is 3.33. The predicted molar refractivity (Wildman–Crippen MR) is 292 cm³/mol. The summed E-state index contributed by atoms with van der Waals surface area (Å²) in [5, 5.41) is 23.4. The molecule has 0 aliphatic rings. The number of amides is 1. The van der Waals surface area contributed by atoms with Crippen LogP contribution < -0.4 is 5.32 Å². The molecule has 0 radical (unpaired) electrons. The number of carbonyl (C=O) groups excluding carboxylic acids is 2. The first-order chi connectivity index (χ1) is 33.0. The third kappa shape index (κ3) is 54.0. The quantitative estimate of drug-likeness (QED) is 0.0417. The average molecular weight is 949 g/mol. The number of rotatable bonds is 58. The molecule has 6 heteroatoms. The van der Waals surface area contributed by atoms with Gasteiger partial charge in [0.2, 0.25) is 5.91 Å². The van der Waals surface area contributed by atoms with Gasteiger partial charge >= 0.3 is 5.97 Å². The maximum atomic E-state index is 12.5. The number of ether oxygens (including phenoxy) is 1. The lowest BCUT2D eigenvalue weighted by molar-refractivity contribution is -0.143. The van der Waals surface area contributed by atoms with Crippen LogP contribution in [0.15, 0.2) is 0 Å². The molecule has 1 amide bonds. The van der Waals surface area contributed by atoms with Gasteiger partial charge in [-0.05, 0) is 25.7 Å². The Hall–Kier alpha value is -1.14. The highest BCUT2D eigenvalue weighted by Gasteiger charge is 2.20. The topological polar surface area (TPSA) is 95.9 Å². The second-order valence-electron chi connectivity index (χ2n) is 21.4. The van der Waals surface area contributed by atoms with Crippen LogP contribution in [0.1, 0.15) is 354 Å². The second-order valence-corrected chi connectivity index (χ2v) is 21.4. The predicted octanol–water partition coefficient (Wildman–Crippen LogP) is 19.1. The smallest absolute Gasteiger partial charge is 0.305 e. The third-order valence-electron chi connectivity index (χ3n) is 14.7. The summed E-state index contributed by atoms with van der Waals surface area (Å²) in [5.74, 6) is -0.0495. The molecular weight excluding hydrogens is 827 g/mol. The molecular formula is C61H121NO5. The van der Waals surface area contributed by atoms with E-state index >= 15 is 0 Å². The van der Waals surface area contributed by atoms with Crippen molar-refractivity contribution >= 4 is 11.9 Å². The summed E-state index contributed by atoms with van der Waals surface area (Å²) < 4.78 is 5.48. The maximum Gasteiger partial charge on any atom is 0.305 e. The van der Waals surface area contributed by atoms with E-state index in [1.165, 1.54) is 263 Å². The van der Waals surface area contributed by atoms with Crippen LogP contribution in [0.25, 0.3) is 0 Å². The zero-order valence-electron chi connectivity index (χ0n) is 45.7. The minimum absolute atomic E-state index is 0.00410. The van der Waals surface area contributed by atoms with Crippen molar-refractivity contribution in [3.8, 4) is 0 Å². The van der Waals surface area contributed by atoms with E-state index in [0.29, 0.717) is 25.9 Å². The van der Waals surface area contributed by atoms with E-state index in [2.05, 4.69) is 19.2 Å². The molecule has 3 N–H and O–H groups in total. The summed E-state index contributed by atoms with van der Waals surface area (Å²) in [5.41, 5.74) is 0. The number of nitrogens with one attached hydrogen (secondary N) is 1. The van der Waals surface area contributed by atoms with E-state index in [4.69, 9.17) is 4.74 Å². The number of hydrogen-bond donors (Lipinski definition) is 3. The van der Waals surface area contributed by atoms with Crippen LogP contribution in [0.2, 0.25) is 0 Å². The zero-order valence-corrected chi connectivity index (χ0v) is 45.7. The van der Waals surface area contributed by atoms with E-state index < -0.39 is 12.1 Å². The molecule has 400 valence electrons. The summed E-state index contributed by atoms with van der Waals surface area (Å²) in [6, 6.07) is -0.553. The van der Waals surface area contributed by atoms with Gasteiger partial charge < -0.3 is 20.3 Å². The Morgan fingerprint density at radius 3 is 0.910 bits per heavy atom. The maximum absolute atomic E-state index is 12.5. The van der Waals surface area contributed by atoms with Gasteiger partial charge in [-0.15, -0.1) is 0 Å². The van der Waals surface area contributed by atoms with Crippen LogP contribution >= 0.6 is 0 Å². The Bertz CT molecular complexity index is 959. The van der Waals surface area contributed by atoms with Gasteiger partial charge in [-0.2, -0.15) is 0 Å². The molecule has 0 aliphatic carbocycles. The molecule has 6 nitrogen and oxygen atoms in total. The number of unbranched alkanes of at least 4 members (excludes halogenated alkanes) is 47. The van der Waals surface area contributed by atoms with Gasteiger partial charge in [0.1, 0.15) is 0 Å². The number of hydrogen-bond acceptors (Lipinski definition) is 5. The molecule has 0 spiro atoms. The van der Waals surface area contributed by atoms with Crippen molar-refractivity contribution in [1.82, 2.24) is 5.32 Å². The fraction of sp³-hybridized carbons (Fsp3) is 0.967. The highest BCUT2D eigenvalue weighted by molar-refractivity contribution is 5.76. The van der Waals surface area contributed by atoms with Gasteiger partial charge in [-0.3, -0.25) is 9.59 Å². The first-order valence-electron chi connectivity index (χ1n) is 30.8. The zero-order chi connectivity index (χ0) is 48.6. The Morgan fingerprint density at radius 2 is 0.612 bits per heavy atom. The van der Waals surface area contributed by atoms with Crippen LogP contribution in [-0.2, 0) is 14.3 Å². The third-order valence-corrected chi connectivity index (χ3v) is 14.7. The minimum atomic E-state index is -0.674. The fourth-order valence-corrected chi connectivity index (χ4v) is 9.94. The molecule has 0 saturated carbocycles. The SMILES string of the molecule is CCCCCCCCCCCCCCCCCCCCCCCCC(O)C(CO)NC(=O)CCCCCCCCCCCCCCOC(=O)CCCCCCCCCCCCCCCCCC. The summed E-state index contributed by atoms with van der Waals surface area (Å²) >= 11 is 0. The van der Waals surface area contributed by atoms with Gasteiger partial charge in [-0.25, -0.2) is 0 Å². The molecule has 0 saturated heterocycles. The van der Waals surface area contributed by atoms with Crippen LogP contribution in [-0.4, -0.2) is 47.4 Å². The van der Waals surface area contributed by atoms with Gasteiger partial charge in [0, 0.05) is 12.8 Å². The number of aliphatic hydroxyl groups is 2. The number of carbonyl (C=O) groups is 2. The summed E-state index contributed by atoms with van der Waals surface area (Å²) in [6.07, 6.45) is 66.7. The fourth-order valence-electron chi connectivity index (χ4n) is 9.94. The van der Waals surface area contributed by atoms with Crippen molar-refractivity contribution in [1.29, 1.82) is 0 Å². The van der Waals surface area contributed by atoms with E-state index in [-0.39, 0.29) is 18.5 Å². The van der Waals surface area contributed by atoms with E-state index in [1.807, 2.05) is 0 Å². The molecule has 2 unspecified atom stereocenters. The van der Waals surface area contributed by atoms with Gasteiger partial charge in [0.15, 0.2) is 0 Å². The van der Waals surface area contributed by atoms with Crippen molar-refractivity contribution in [2.45, 2.75) is 366 Å². The molecule has 0 bridgehead atoms. The monoisotopic (exact) mass is 948 g/mol. The number of aliphatic hydroxyl groups excluding tert-OH is 2. The molecule has 0 aliphatic heterocycles. The molecule has 0 fully saturated rings.